The maximum Gasteiger partial charge on any atom is 0.262 e. The van der Waals surface area contributed by atoms with E-state index in [2.05, 4.69) is 4.98 Å². The third kappa shape index (κ3) is 2.62. The van der Waals surface area contributed by atoms with E-state index in [0.29, 0.717) is 13.1 Å². The van der Waals surface area contributed by atoms with Gasteiger partial charge in [-0.3, -0.25) is 0 Å². The van der Waals surface area contributed by atoms with Gasteiger partial charge in [0, 0.05) is 32.4 Å². The number of halogens is 1. The van der Waals surface area contributed by atoms with Crippen LogP contribution in [-0.4, -0.2) is 41.4 Å². The van der Waals surface area contributed by atoms with Crippen LogP contribution in [0, 0.1) is 0 Å². The van der Waals surface area contributed by atoms with E-state index in [1.54, 1.807) is 11.6 Å². The Balaban J connectivity index is 0.00000144. The molecule has 0 saturated carbocycles. The van der Waals surface area contributed by atoms with Gasteiger partial charge in [-0.05, 0) is 12.8 Å². The minimum atomic E-state index is -3.46. The lowest BCUT2D eigenvalue weighted by Crippen LogP contribution is -2.39. The molecule has 6 nitrogen and oxygen atoms in total. The molecule has 0 aliphatic carbocycles. The quantitative estimate of drug-likeness (QED) is 0.842. The zero-order valence-corrected chi connectivity index (χ0v) is 11.2. The molecule has 0 radical (unpaired) electrons. The van der Waals surface area contributed by atoms with Gasteiger partial charge in [-0.1, -0.05) is 0 Å². The molecule has 1 aromatic rings. The van der Waals surface area contributed by atoms with Gasteiger partial charge in [-0.15, -0.1) is 12.4 Å². The Hall–Kier alpha value is -0.630. The van der Waals surface area contributed by atoms with Crippen molar-refractivity contribution in [2.45, 2.75) is 23.9 Å². The number of nitrogens with two attached hydrogens (primary N) is 1. The summed E-state index contributed by atoms with van der Waals surface area (Å²) in [5.41, 5.74) is 5.57. The predicted molar refractivity (Wildman–Crippen MR) is 66.4 cm³/mol. The lowest BCUT2D eigenvalue weighted by Gasteiger charge is -2.21. The van der Waals surface area contributed by atoms with E-state index in [9.17, 15) is 8.42 Å². The van der Waals surface area contributed by atoms with Crippen LogP contribution in [0.25, 0.3) is 0 Å². The highest BCUT2D eigenvalue weighted by Crippen LogP contribution is 2.24. The monoisotopic (exact) mass is 280 g/mol. The summed E-state index contributed by atoms with van der Waals surface area (Å²) in [7, 11) is -1.71. The summed E-state index contributed by atoms with van der Waals surface area (Å²) in [6.07, 6.45) is 4.71. The number of aromatic nitrogens is 2. The van der Waals surface area contributed by atoms with Gasteiger partial charge in [-0.2, -0.15) is 4.31 Å². The number of sulfonamides is 1. The summed E-state index contributed by atoms with van der Waals surface area (Å²) >= 11 is 0. The van der Waals surface area contributed by atoms with Gasteiger partial charge >= 0.3 is 0 Å². The van der Waals surface area contributed by atoms with Crippen LogP contribution in [0.4, 0.5) is 0 Å². The van der Waals surface area contributed by atoms with Crippen LogP contribution in [0.15, 0.2) is 17.6 Å². The molecule has 1 aromatic heterocycles. The number of hydrogen-bond donors (Lipinski definition) is 1. The molecule has 2 N–H and O–H groups in total. The van der Waals surface area contributed by atoms with Crippen LogP contribution in [0.5, 0.6) is 0 Å². The largest absolute Gasteiger partial charge is 0.339 e. The number of nitrogens with zero attached hydrogens (tertiary/aromatic N) is 3. The Bertz CT molecular complexity index is 473. The van der Waals surface area contributed by atoms with Crippen molar-refractivity contribution in [2.75, 3.05) is 13.1 Å². The van der Waals surface area contributed by atoms with Crippen LogP contribution in [0.3, 0.4) is 0 Å². The molecular formula is C9H17ClN4O2S. The summed E-state index contributed by atoms with van der Waals surface area (Å²) in [6, 6.07) is -0.0768. The van der Waals surface area contributed by atoms with Crippen molar-refractivity contribution in [1.29, 1.82) is 0 Å². The highest BCUT2D eigenvalue weighted by molar-refractivity contribution is 7.89. The van der Waals surface area contributed by atoms with Gasteiger partial charge in [0.1, 0.15) is 0 Å². The van der Waals surface area contributed by atoms with E-state index in [0.717, 1.165) is 12.8 Å². The fraction of sp³-hybridized carbons (Fsp3) is 0.667. The summed E-state index contributed by atoms with van der Waals surface area (Å²) in [5.74, 6) is 0. The molecule has 2 heterocycles. The lowest BCUT2D eigenvalue weighted by atomic mass is 10.2. The Morgan fingerprint density at radius 2 is 2.29 bits per heavy atom. The minimum Gasteiger partial charge on any atom is -0.339 e. The number of rotatable bonds is 3. The van der Waals surface area contributed by atoms with Crippen LogP contribution < -0.4 is 5.73 Å². The molecule has 2 rings (SSSR count). The second-order valence-corrected chi connectivity index (χ2v) is 5.86. The van der Waals surface area contributed by atoms with Crippen molar-refractivity contribution in [2.24, 2.45) is 12.8 Å². The van der Waals surface area contributed by atoms with Crippen molar-refractivity contribution in [3.05, 3.63) is 12.5 Å². The molecule has 0 amide bonds. The van der Waals surface area contributed by atoms with Crippen LogP contribution in [0.2, 0.25) is 0 Å². The number of aryl methyl sites for hydroxylation is 1. The molecule has 0 aromatic carbocycles. The zero-order chi connectivity index (χ0) is 11.8. The van der Waals surface area contributed by atoms with E-state index in [1.807, 2.05) is 0 Å². The van der Waals surface area contributed by atoms with Crippen LogP contribution >= 0.6 is 12.4 Å². The third-order valence-corrected chi connectivity index (χ3v) is 4.69. The van der Waals surface area contributed by atoms with Crippen molar-refractivity contribution < 1.29 is 8.42 Å². The van der Waals surface area contributed by atoms with Crippen molar-refractivity contribution >= 4 is 22.4 Å². The van der Waals surface area contributed by atoms with E-state index in [1.165, 1.54) is 16.8 Å². The highest BCUT2D eigenvalue weighted by atomic mass is 35.5. The van der Waals surface area contributed by atoms with E-state index in [4.69, 9.17) is 5.73 Å². The van der Waals surface area contributed by atoms with Gasteiger partial charge in [-0.25, -0.2) is 13.4 Å². The second kappa shape index (κ2) is 5.34. The fourth-order valence-electron chi connectivity index (χ4n) is 2.00. The Morgan fingerprint density at radius 1 is 1.59 bits per heavy atom. The molecule has 1 fully saturated rings. The first kappa shape index (κ1) is 14.4. The molecule has 8 heteroatoms. The molecule has 0 bridgehead atoms. The van der Waals surface area contributed by atoms with Gasteiger partial charge in [0.2, 0.25) is 0 Å². The van der Waals surface area contributed by atoms with Crippen LogP contribution in [-0.2, 0) is 17.1 Å². The van der Waals surface area contributed by atoms with Crippen molar-refractivity contribution in [3.8, 4) is 0 Å². The van der Waals surface area contributed by atoms with Crippen molar-refractivity contribution in [3.63, 3.8) is 0 Å². The first-order chi connectivity index (χ1) is 7.55. The summed E-state index contributed by atoms with van der Waals surface area (Å²) in [4.78, 5) is 3.89. The molecule has 1 unspecified atom stereocenters. The Morgan fingerprint density at radius 3 is 2.82 bits per heavy atom. The molecule has 0 spiro atoms. The molecule has 1 atom stereocenters. The molecule has 1 aliphatic heterocycles. The summed E-state index contributed by atoms with van der Waals surface area (Å²) < 4.78 is 27.5. The van der Waals surface area contributed by atoms with Crippen LogP contribution in [0.1, 0.15) is 12.8 Å². The smallest absolute Gasteiger partial charge is 0.262 e. The molecular weight excluding hydrogens is 264 g/mol. The predicted octanol–water partition coefficient (Wildman–Crippen LogP) is -0.0463. The third-order valence-electron chi connectivity index (χ3n) is 2.85. The van der Waals surface area contributed by atoms with Gasteiger partial charge in [0.05, 0.1) is 6.33 Å². The zero-order valence-electron chi connectivity index (χ0n) is 9.61. The average molecular weight is 281 g/mol. The second-order valence-electron chi connectivity index (χ2n) is 4.02. The van der Waals surface area contributed by atoms with E-state index in [-0.39, 0.29) is 23.5 Å². The topological polar surface area (TPSA) is 81.2 Å². The molecule has 1 saturated heterocycles. The van der Waals surface area contributed by atoms with Gasteiger partial charge in [0.25, 0.3) is 10.0 Å². The fourth-order valence-corrected chi connectivity index (χ4v) is 3.68. The summed E-state index contributed by atoms with van der Waals surface area (Å²) in [6.45, 7) is 0.910. The van der Waals surface area contributed by atoms with Gasteiger partial charge < -0.3 is 10.3 Å². The van der Waals surface area contributed by atoms with Crippen molar-refractivity contribution in [1.82, 2.24) is 13.9 Å². The lowest BCUT2D eigenvalue weighted by molar-refractivity contribution is 0.391. The number of imidazole rings is 1. The standard InChI is InChI=1S/C9H16N4O2S.ClH/c1-12-6-9(11-7-12)16(14,15)13-4-2-3-8(13)5-10;/h6-8H,2-5,10H2,1H3;1H. The minimum absolute atomic E-state index is 0. The average Bonchev–Trinajstić information content (AvgIpc) is 2.85. The first-order valence-corrected chi connectivity index (χ1v) is 6.69. The highest BCUT2D eigenvalue weighted by Gasteiger charge is 2.35. The molecule has 1 aliphatic rings. The number of hydrogen-bond acceptors (Lipinski definition) is 4. The molecule has 98 valence electrons. The summed E-state index contributed by atoms with van der Waals surface area (Å²) in [5, 5.41) is 0.107. The SMILES string of the molecule is Cl.Cn1cnc(S(=O)(=O)N2CCCC2CN)c1. The maximum atomic E-state index is 12.2. The Kier molecular flexibility index (Phi) is 4.54. The Labute approximate surface area is 107 Å². The normalized spacial score (nSPS) is 21.4. The first-order valence-electron chi connectivity index (χ1n) is 5.25. The molecule has 17 heavy (non-hydrogen) atoms. The van der Waals surface area contributed by atoms with E-state index < -0.39 is 10.0 Å². The van der Waals surface area contributed by atoms with E-state index >= 15 is 0 Å². The van der Waals surface area contributed by atoms with Gasteiger partial charge in [0.15, 0.2) is 5.03 Å². The maximum absolute atomic E-state index is 12.2.